The Kier molecular flexibility index (Phi) is 1.65. The highest BCUT2D eigenvalue weighted by atomic mass is 16.1. The van der Waals surface area contributed by atoms with Gasteiger partial charge in [0.05, 0.1) is 0 Å². The molecule has 0 saturated carbocycles. The SMILES string of the molecule is Cc1cc2cc-2c1.N=C=O. The number of carbonyl (C=O) groups excluding carboxylic acids is 1. The van der Waals surface area contributed by atoms with Gasteiger partial charge in [0.25, 0.3) is 0 Å². The third-order valence-electron chi connectivity index (χ3n) is 1.33. The number of nitrogens with one attached hydrogen (secondary N) is 1. The van der Waals surface area contributed by atoms with E-state index in [9.17, 15) is 0 Å². The maximum Gasteiger partial charge on any atom is 0.231 e. The van der Waals surface area contributed by atoms with Gasteiger partial charge in [-0.25, -0.2) is 10.2 Å². The lowest BCUT2D eigenvalue weighted by Crippen LogP contribution is -1.50. The highest BCUT2D eigenvalue weighted by molar-refractivity contribution is 5.82. The minimum absolute atomic E-state index is 0.750. The molecule has 2 aliphatic carbocycles. The number of aryl methyl sites for hydroxylation is 1. The first-order chi connectivity index (χ1) is 4.77. The molecule has 10 heavy (non-hydrogen) atoms. The number of fused-ring (bicyclic) bond motifs is 1. The van der Waals surface area contributed by atoms with Gasteiger partial charge in [0.1, 0.15) is 0 Å². The Bertz CT molecular complexity index is 265. The molecule has 50 valence electrons. The van der Waals surface area contributed by atoms with Gasteiger partial charge in [-0.05, 0) is 29.7 Å². The molecule has 0 aromatic carbocycles. The van der Waals surface area contributed by atoms with Gasteiger partial charge in [-0.3, -0.25) is 0 Å². The molecule has 0 radical (unpaired) electrons. The summed E-state index contributed by atoms with van der Waals surface area (Å²) < 4.78 is 0. The van der Waals surface area contributed by atoms with Crippen LogP contribution in [0.1, 0.15) is 5.56 Å². The third kappa shape index (κ3) is 1.30. The molecule has 2 rings (SSSR count). The fourth-order valence-corrected chi connectivity index (χ4v) is 0.914. The van der Waals surface area contributed by atoms with Crippen molar-refractivity contribution in [1.82, 2.24) is 0 Å². The van der Waals surface area contributed by atoms with E-state index < -0.39 is 0 Å². The second-order valence-electron chi connectivity index (χ2n) is 2.19. The first-order valence-electron chi connectivity index (χ1n) is 2.94. The van der Waals surface area contributed by atoms with Crippen molar-refractivity contribution in [3.63, 3.8) is 0 Å². The highest BCUT2D eigenvalue weighted by Crippen LogP contribution is 2.35. The Morgan fingerprint density at radius 3 is 1.90 bits per heavy atom. The van der Waals surface area contributed by atoms with Crippen molar-refractivity contribution < 1.29 is 4.79 Å². The molecule has 0 atom stereocenters. The second-order valence-corrected chi connectivity index (χ2v) is 2.19. The lowest BCUT2D eigenvalue weighted by atomic mass is 10.4. The van der Waals surface area contributed by atoms with Gasteiger partial charge in [0.2, 0.25) is 6.08 Å². The molecule has 0 aliphatic heterocycles. The number of rotatable bonds is 0. The van der Waals surface area contributed by atoms with E-state index in [1.807, 2.05) is 0 Å². The van der Waals surface area contributed by atoms with Crippen LogP contribution < -0.4 is 0 Å². The van der Waals surface area contributed by atoms with Crippen LogP contribution in [0.3, 0.4) is 0 Å². The summed E-state index contributed by atoms with van der Waals surface area (Å²) in [5, 5.41) is 5.40. The quantitative estimate of drug-likeness (QED) is 0.432. The van der Waals surface area contributed by atoms with E-state index in [1.165, 1.54) is 16.7 Å². The van der Waals surface area contributed by atoms with E-state index in [2.05, 4.69) is 25.1 Å². The van der Waals surface area contributed by atoms with Crippen LogP contribution in [-0.4, -0.2) is 6.08 Å². The molecule has 0 amide bonds. The largest absolute Gasteiger partial charge is 0.231 e. The highest BCUT2D eigenvalue weighted by Gasteiger charge is 2.10. The molecule has 0 fully saturated rings. The molecule has 0 unspecified atom stereocenters. The lowest BCUT2D eigenvalue weighted by Gasteiger charge is -1.69. The predicted octanol–water partition coefficient (Wildman–Crippen LogP) is 1.88. The van der Waals surface area contributed by atoms with Crippen molar-refractivity contribution in [1.29, 1.82) is 5.41 Å². The van der Waals surface area contributed by atoms with Gasteiger partial charge < -0.3 is 0 Å². The van der Waals surface area contributed by atoms with E-state index in [0.29, 0.717) is 0 Å². The van der Waals surface area contributed by atoms with Crippen LogP contribution in [-0.2, 0) is 4.79 Å². The average molecular weight is 133 g/mol. The van der Waals surface area contributed by atoms with Gasteiger partial charge in [-0.15, -0.1) is 0 Å². The van der Waals surface area contributed by atoms with Crippen LogP contribution in [0, 0.1) is 12.3 Å². The summed E-state index contributed by atoms with van der Waals surface area (Å²) in [6.45, 7) is 2.12. The molecular weight excluding hydrogens is 126 g/mol. The van der Waals surface area contributed by atoms with Crippen LogP contribution in [0.5, 0.6) is 0 Å². The Morgan fingerprint density at radius 2 is 1.70 bits per heavy atom. The molecule has 0 aromatic rings. The zero-order chi connectivity index (χ0) is 7.56. The first kappa shape index (κ1) is 6.72. The molecule has 1 N–H and O–H groups in total. The number of hydrogen-bond donors (Lipinski definition) is 1. The van der Waals surface area contributed by atoms with E-state index in [4.69, 9.17) is 10.2 Å². The molecule has 2 aliphatic rings. The summed E-state index contributed by atoms with van der Waals surface area (Å²) in [6, 6.07) is 6.59. The Labute approximate surface area is 59.0 Å². The maximum absolute atomic E-state index is 8.35. The summed E-state index contributed by atoms with van der Waals surface area (Å²) in [6.07, 6.45) is 0.750. The second kappa shape index (κ2) is 2.46. The van der Waals surface area contributed by atoms with Crippen molar-refractivity contribution in [3.8, 4) is 11.1 Å². The van der Waals surface area contributed by atoms with Crippen molar-refractivity contribution in [2.75, 3.05) is 0 Å². The van der Waals surface area contributed by atoms with Crippen LogP contribution in [0.4, 0.5) is 0 Å². The summed E-state index contributed by atoms with van der Waals surface area (Å²) in [5.74, 6) is 0. The predicted molar refractivity (Wildman–Crippen MR) is 38.6 cm³/mol. The van der Waals surface area contributed by atoms with Crippen LogP contribution in [0.2, 0.25) is 0 Å². The fourth-order valence-electron chi connectivity index (χ4n) is 0.914. The fraction of sp³-hybridized carbons (Fsp3) is 0.125. The minimum atomic E-state index is 0.750. The molecule has 0 spiro atoms. The van der Waals surface area contributed by atoms with Gasteiger partial charge in [0, 0.05) is 0 Å². The normalized spacial score (nSPS) is 8.90. The minimum Gasteiger partial charge on any atom is -0.222 e. The van der Waals surface area contributed by atoms with Gasteiger partial charge in [-0.1, -0.05) is 12.1 Å². The van der Waals surface area contributed by atoms with Gasteiger partial charge in [-0.2, -0.15) is 0 Å². The molecule has 2 heteroatoms. The van der Waals surface area contributed by atoms with Gasteiger partial charge >= 0.3 is 0 Å². The molecule has 0 aromatic heterocycles. The van der Waals surface area contributed by atoms with Crippen LogP contribution in [0.25, 0.3) is 11.1 Å². The van der Waals surface area contributed by atoms with Crippen LogP contribution in [0.15, 0.2) is 18.2 Å². The molecule has 0 heterocycles. The van der Waals surface area contributed by atoms with E-state index in [0.717, 1.165) is 6.08 Å². The standard InChI is InChI=1S/C7H6.CHNO/c1-5-2-6-4-7(6)3-5;2-1-3/h2-4H,1H3;2H. The van der Waals surface area contributed by atoms with E-state index >= 15 is 0 Å². The Morgan fingerprint density at radius 1 is 1.30 bits per heavy atom. The summed E-state index contributed by atoms with van der Waals surface area (Å²) in [5.41, 5.74) is 4.28. The monoisotopic (exact) mass is 133 g/mol. The molecule has 0 bridgehead atoms. The van der Waals surface area contributed by atoms with E-state index in [1.54, 1.807) is 0 Å². The maximum atomic E-state index is 8.35. The van der Waals surface area contributed by atoms with E-state index in [-0.39, 0.29) is 0 Å². The summed E-state index contributed by atoms with van der Waals surface area (Å²) >= 11 is 0. The number of hydrogen-bond acceptors (Lipinski definition) is 2. The van der Waals surface area contributed by atoms with Crippen LogP contribution >= 0.6 is 0 Å². The van der Waals surface area contributed by atoms with Crippen molar-refractivity contribution in [2.24, 2.45) is 0 Å². The number of benzene rings is 1. The zero-order valence-corrected chi connectivity index (χ0v) is 5.64. The smallest absolute Gasteiger partial charge is 0.222 e. The molecule has 0 saturated heterocycles. The van der Waals surface area contributed by atoms with Crippen molar-refractivity contribution in [2.45, 2.75) is 6.92 Å². The lowest BCUT2D eigenvalue weighted by molar-refractivity contribution is 0.563. The Hall–Kier alpha value is -1.40. The third-order valence-corrected chi connectivity index (χ3v) is 1.33. The van der Waals surface area contributed by atoms with Crippen molar-refractivity contribution >= 4 is 6.08 Å². The molecular formula is C8H7NO. The van der Waals surface area contributed by atoms with Gasteiger partial charge in [0.15, 0.2) is 0 Å². The summed E-state index contributed by atoms with van der Waals surface area (Å²) in [4.78, 5) is 8.35. The number of isocyanates is 1. The average Bonchev–Trinajstić information content (AvgIpc) is 2.42. The Balaban J connectivity index is 0.000000148. The topological polar surface area (TPSA) is 40.9 Å². The van der Waals surface area contributed by atoms with Crippen molar-refractivity contribution in [3.05, 3.63) is 23.8 Å². The zero-order valence-electron chi connectivity index (χ0n) is 5.64. The molecule has 2 nitrogen and oxygen atoms in total. The summed E-state index contributed by atoms with van der Waals surface area (Å²) in [7, 11) is 0. The first-order valence-corrected chi connectivity index (χ1v) is 2.94.